The van der Waals surface area contributed by atoms with Crippen LogP contribution in [0.5, 0.6) is 0 Å². The lowest BCUT2D eigenvalue weighted by Gasteiger charge is -1.83. The van der Waals surface area contributed by atoms with E-state index in [1.807, 2.05) is 6.92 Å². The van der Waals surface area contributed by atoms with Crippen molar-refractivity contribution in [2.75, 3.05) is 0 Å². The summed E-state index contributed by atoms with van der Waals surface area (Å²) in [6.07, 6.45) is 6.81. The Morgan fingerprint density at radius 3 is 3.12 bits per heavy atom. The lowest BCUT2D eigenvalue weighted by atomic mass is 10.9. The highest BCUT2D eigenvalue weighted by molar-refractivity contribution is 5.52. The van der Waals surface area contributed by atoms with E-state index in [9.17, 15) is 0 Å². The molecule has 1 heterocycles. The largest absolute Gasteiger partial charge is 0.243 e. The van der Waals surface area contributed by atoms with Gasteiger partial charge in [0.05, 0.1) is 0 Å². The number of hydrogen-bond donors (Lipinski definition) is 0. The van der Waals surface area contributed by atoms with Crippen molar-refractivity contribution in [1.29, 1.82) is 0 Å². The summed E-state index contributed by atoms with van der Waals surface area (Å²) in [6.45, 7) is 1.86. The zero-order valence-corrected chi connectivity index (χ0v) is 4.65. The first-order valence-corrected chi connectivity index (χ1v) is 2.40. The topological polar surface area (TPSA) is 30.2 Å². The molecule has 0 atom stereocenters. The smallest absolute Gasteiger partial charge is 0.116 e. The minimum Gasteiger partial charge on any atom is -0.243 e. The molecule has 0 N–H and O–H groups in total. The Kier molecular flexibility index (Phi) is 1.42. The van der Waals surface area contributed by atoms with Crippen LogP contribution in [0.15, 0.2) is 23.8 Å². The summed E-state index contributed by atoms with van der Waals surface area (Å²) in [7, 11) is 0. The normalized spacial score (nSPS) is 10.6. The molecular weight excluding hydrogens is 102 g/mol. The maximum atomic E-state index is 3.90. The van der Waals surface area contributed by atoms with Crippen LogP contribution in [-0.4, -0.2) is 15.9 Å². The van der Waals surface area contributed by atoms with Gasteiger partial charge >= 0.3 is 0 Å². The Balaban J connectivity index is 2.77. The van der Waals surface area contributed by atoms with Gasteiger partial charge in [0.2, 0.25) is 0 Å². The molecule has 1 aromatic heterocycles. The second kappa shape index (κ2) is 2.26. The molecule has 3 nitrogen and oxygen atoms in total. The van der Waals surface area contributed by atoms with Crippen LogP contribution in [0.25, 0.3) is 0 Å². The number of imidazole rings is 1. The lowest BCUT2D eigenvalue weighted by molar-refractivity contribution is 0.880. The fraction of sp³-hybridized carbons (Fsp3) is 0.200. The Morgan fingerprint density at radius 2 is 2.62 bits per heavy atom. The molecule has 0 aliphatic heterocycles. The third-order valence-corrected chi connectivity index (χ3v) is 0.739. The van der Waals surface area contributed by atoms with Crippen LogP contribution in [0.3, 0.4) is 0 Å². The molecule has 0 radical (unpaired) electrons. The Morgan fingerprint density at radius 1 is 1.75 bits per heavy atom. The lowest BCUT2D eigenvalue weighted by Crippen LogP contribution is -1.79. The van der Waals surface area contributed by atoms with Gasteiger partial charge in [-0.05, 0) is 6.92 Å². The molecule has 0 spiro atoms. The van der Waals surface area contributed by atoms with Gasteiger partial charge in [-0.1, -0.05) is 0 Å². The summed E-state index contributed by atoms with van der Waals surface area (Å²) in [5.74, 6) is 0. The van der Waals surface area contributed by atoms with Crippen molar-refractivity contribution >= 4 is 6.21 Å². The second-order valence-electron chi connectivity index (χ2n) is 1.32. The van der Waals surface area contributed by atoms with Crippen LogP contribution < -0.4 is 0 Å². The summed E-state index contributed by atoms with van der Waals surface area (Å²) in [6, 6.07) is 0. The van der Waals surface area contributed by atoms with Crippen molar-refractivity contribution in [3.8, 4) is 0 Å². The van der Waals surface area contributed by atoms with Gasteiger partial charge in [0.25, 0.3) is 0 Å². The van der Waals surface area contributed by atoms with Crippen molar-refractivity contribution in [3.63, 3.8) is 0 Å². The predicted octanol–water partition coefficient (Wildman–Crippen LogP) is 0.737. The van der Waals surface area contributed by atoms with Crippen molar-refractivity contribution in [3.05, 3.63) is 18.7 Å². The highest BCUT2D eigenvalue weighted by Gasteiger charge is 1.75. The fourth-order valence-electron chi connectivity index (χ4n) is 0.454. The first-order chi connectivity index (χ1) is 3.93. The number of nitrogens with zero attached hydrogens (tertiary/aromatic N) is 3. The first kappa shape index (κ1) is 5.03. The molecule has 0 saturated carbocycles. The van der Waals surface area contributed by atoms with Crippen LogP contribution in [0.2, 0.25) is 0 Å². The Bertz CT molecular complexity index is 164. The monoisotopic (exact) mass is 109 g/mol. The van der Waals surface area contributed by atoms with Gasteiger partial charge in [0.1, 0.15) is 6.33 Å². The summed E-state index contributed by atoms with van der Waals surface area (Å²) in [5.41, 5.74) is 0. The molecule has 0 amide bonds. The van der Waals surface area contributed by atoms with Crippen LogP contribution in [0, 0.1) is 0 Å². The molecule has 1 aromatic rings. The number of hydrogen-bond acceptors (Lipinski definition) is 2. The van der Waals surface area contributed by atoms with E-state index in [2.05, 4.69) is 10.1 Å². The predicted molar refractivity (Wildman–Crippen MR) is 31.8 cm³/mol. The second-order valence-corrected chi connectivity index (χ2v) is 1.32. The molecule has 0 bridgehead atoms. The van der Waals surface area contributed by atoms with Gasteiger partial charge in [0.15, 0.2) is 0 Å². The van der Waals surface area contributed by atoms with E-state index >= 15 is 0 Å². The van der Waals surface area contributed by atoms with Crippen LogP contribution >= 0.6 is 0 Å². The van der Waals surface area contributed by atoms with E-state index in [4.69, 9.17) is 0 Å². The van der Waals surface area contributed by atoms with E-state index in [1.54, 1.807) is 29.6 Å². The molecule has 0 aliphatic rings. The van der Waals surface area contributed by atoms with E-state index in [1.165, 1.54) is 0 Å². The summed E-state index contributed by atoms with van der Waals surface area (Å²) in [5, 5.41) is 3.90. The molecule has 1 rings (SSSR count). The highest BCUT2D eigenvalue weighted by Crippen LogP contribution is 1.80. The van der Waals surface area contributed by atoms with E-state index < -0.39 is 0 Å². The Labute approximate surface area is 47.7 Å². The summed E-state index contributed by atoms with van der Waals surface area (Å²) < 4.78 is 1.64. The molecule has 0 aromatic carbocycles. The zero-order valence-electron chi connectivity index (χ0n) is 4.65. The average molecular weight is 109 g/mol. The molecule has 42 valence electrons. The van der Waals surface area contributed by atoms with E-state index in [-0.39, 0.29) is 0 Å². The molecule has 0 fully saturated rings. The number of aromatic nitrogens is 2. The van der Waals surface area contributed by atoms with Crippen molar-refractivity contribution < 1.29 is 0 Å². The van der Waals surface area contributed by atoms with Crippen molar-refractivity contribution in [2.45, 2.75) is 6.92 Å². The molecule has 0 unspecified atom stereocenters. The Hall–Kier alpha value is -1.12. The number of rotatable bonds is 1. The fourth-order valence-corrected chi connectivity index (χ4v) is 0.454. The third kappa shape index (κ3) is 0.932. The van der Waals surface area contributed by atoms with E-state index in [0.29, 0.717) is 0 Å². The average Bonchev–Trinajstić information content (AvgIpc) is 2.19. The first-order valence-electron chi connectivity index (χ1n) is 2.40. The molecule has 0 saturated heterocycles. The van der Waals surface area contributed by atoms with Crippen LogP contribution in [0.1, 0.15) is 6.92 Å². The SMILES string of the molecule is C/C=N\n1ccnc1. The van der Waals surface area contributed by atoms with Gasteiger partial charge in [-0.25, -0.2) is 9.66 Å². The van der Waals surface area contributed by atoms with Gasteiger partial charge in [-0.15, -0.1) is 0 Å². The minimum absolute atomic E-state index is 1.64. The molecule has 0 aliphatic carbocycles. The van der Waals surface area contributed by atoms with Gasteiger partial charge in [-0.3, -0.25) is 0 Å². The summed E-state index contributed by atoms with van der Waals surface area (Å²) in [4.78, 5) is 3.79. The molecular formula is C5H7N3. The van der Waals surface area contributed by atoms with Crippen LogP contribution in [0.4, 0.5) is 0 Å². The maximum Gasteiger partial charge on any atom is 0.116 e. The van der Waals surface area contributed by atoms with Crippen molar-refractivity contribution in [1.82, 2.24) is 9.66 Å². The minimum atomic E-state index is 1.64. The van der Waals surface area contributed by atoms with Gasteiger partial charge in [0, 0.05) is 18.6 Å². The highest BCUT2D eigenvalue weighted by atomic mass is 15.3. The quantitative estimate of drug-likeness (QED) is 0.489. The van der Waals surface area contributed by atoms with E-state index in [0.717, 1.165) is 0 Å². The summed E-state index contributed by atoms with van der Waals surface area (Å²) >= 11 is 0. The van der Waals surface area contributed by atoms with Gasteiger partial charge in [-0.2, -0.15) is 5.10 Å². The third-order valence-electron chi connectivity index (χ3n) is 0.739. The standard InChI is InChI=1S/C5H7N3/c1-2-7-8-4-3-6-5-8/h2-5H,1H3/b7-2-. The van der Waals surface area contributed by atoms with Crippen molar-refractivity contribution in [2.24, 2.45) is 5.10 Å². The van der Waals surface area contributed by atoms with Crippen LogP contribution in [-0.2, 0) is 0 Å². The molecule has 8 heavy (non-hydrogen) atoms. The zero-order chi connectivity index (χ0) is 5.82. The maximum absolute atomic E-state index is 3.90. The molecule has 3 heteroatoms. The van der Waals surface area contributed by atoms with Gasteiger partial charge < -0.3 is 0 Å².